The van der Waals surface area contributed by atoms with Gasteiger partial charge in [-0.1, -0.05) is 47.5 Å². The second-order valence-corrected chi connectivity index (χ2v) is 7.36. The fraction of sp³-hybridized carbons (Fsp3) is 0.0833. The second kappa shape index (κ2) is 10.4. The van der Waals surface area contributed by atoms with Gasteiger partial charge in [0.05, 0.1) is 11.8 Å². The number of hydrogen-bond donors (Lipinski definition) is 2. The molecule has 0 heterocycles. The number of halogens is 1. The van der Waals surface area contributed by atoms with E-state index in [1.807, 2.05) is 19.9 Å². The van der Waals surface area contributed by atoms with Gasteiger partial charge in [0.1, 0.15) is 5.75 Å². The largest absolute Gasteiger partial charge is 0.423 e. The van der Waals surface area contributed by atoms with E-state index in [1.54, 1.807) is 60.7 Å². The van der Waals surface area contributed by atoms with Crippen LogP contribution in [0.2, 0.25) is 5.02 Å². The minimum atomic E-state index is -0.944. The smallest absolute Gasteiger partial charge is 0.343 e. The molecule has 0 aromatic heterocycles. The van der Waals surface area contributed by atoms with Gasteiger partial charge in [-0.2, -0.15) is 5.10 Å². The van der Waals surface area contributed by atoms with Crippen molar-refractivity contribution in [3.8, 4) is 5.75 Å². The van der Waals surface area contributed by atoms with Crippen LogP contribution < -0.4 is 15.5 Å². The third-order valence-electron chi connectivity index (χ3n) is 4.34. The zero-order chi connectivity index (χ0) is 23.1. The van der Waals surface area contributed by atoms with Crippen LogP contribution in [0.4, 0.5) is 5.69 Å². The Balaban J connectivity index is 1.57. The first-order chi connectivity index (χ1) is 15.3. The average molecular weight is 450 g/mol. The lowest BCUT2D eigenvalue weighted by atomic mass is 10.1. The third kappa shape index (κ3) is 6.26. The third-order valence-corrected chi connectivity index (χ3v) is 4.75. The van der Waals surface area contributed by atoms with Gasteiger partial charge in [0.2, 0.25) is 0 Å². The number of hydrazone groups is 1. The summed E-state index contributed by atoms with van der Waals surface area (Å²) in [5, 5.41) is 6.69. The van der Waals surface area contributed by atoms with Crippen molar-refractivity contribution in [2.24, 2.45) is 5.10 Å². The van der Waals surface area contributed by atoms with E-state index in [-0.39, 0.29) is 0 Å². The lowest BCUT2D eigenvalue weighted by Crippen LogP contribution is -2.32. The van der Waals surface area contributed by atoms with Crippen molar-refractivity contribution in [2.45, 2.75) is 13.8 Å². The Morgan fingerprint density at radius 1 is 0.938 bits per heavy atom. The number of ether oxygens (including phenoxy) is 1. The highest BCUT2D eigenvalue weighted by molar-refractivity contribution is 6.39. The highest BCUT2D eigenvalue weighted by atomic mass is 35.5. The molecule has 0 aliphatic rings. The summed E-state index contributed by atoms with van der Waals surface area (Å²) in [6.07, 6.45) is 1.33. The molecule has 0 saturated carbocycles. The molecule has 0 bridgehead atoms. The zero-order valence-electron chi connectivity index (χ0n) is 17.4. The van der Waals surface area contributed by atoms with Crippen LogP contribution >= 0.6 is 11.6 Å². The molecule has 0 unspecified atom stereocenters. The Morgan fingerprint density at radius 3 is 2.47 bits per heavy atom. The van der Waals surface area contributed by atoms with E-state index in [1.165, 1.54) is 6.21 Å². The molecular weight excluding hydrogens is 430 g/mol. The van der Waals surface area contributed by atoms with Gasteiger partial charge >= 0.3 is 17.8 Å². The molecule has 3 rings (SSSR count). The zero-order valence-corrected chi connectivity index (χ0v) is 18.1. The summed E-state index contributed by atoms with van der Waals surface area (Å²) < 4.78 is 5.38. The first-order valence-corrected chi connectivity index (χ1v) is 9.99. The first kappa shape index (κ1) is 22.7. The quantitative estimate of drug-likeness (QED) is 0.200. The Kier molecular flexibility index (Phi) is 7.36. The maximum absolute atomic E-state index is 12.3. The van der Waals surface area contributed by atoms with Gasteiger partial charge in [-0.3, -0.25) is 9.59 Å². The standard InChI is InChI=1S/C24H20ClN3O4/c1-15-5-3-7-18(11-15)24(31)32-20-8-4-6-17(12-20)14-26-28-23(30)22(29)27-19-10-9-16(2)21(25)13-19/h3-14H,1-2H3,(H,27,29)(H,28,30). The van der Waals surface area contributed by atoms with E-state index in [9.17, 15) is 14.4 Å². The summed E-state index contributed by atoms with van der Waals surface area (Å²) in [7, 11) is 0. The van der Waals surface area contributed by atoms with Crippen molar-refractivity contribution in [1.29, 1.82) is 0 Å². The van der Waals surface area contributed by atoms with E-state index in [2.05, 4.69) is 15.8 Å². The molecule has 162 valence electrons. The lowest BCUT2D eigenvalue weighted by Gasteiger charge is -2.06. The van der Waals surface area contributed by atoms with Crippen LogP contribution in [0, 0.1) is 13.8 Å². The van der Waals surface area contributed by atoms with E-state index in [0.717, 1.165) is 11.1 Å². The van der Waals surface area contributed by atoms with Crippen molar-refractivity contribution < 1.29 is 19.1 Å². The number of carbonyl (C=O) groups excluding carboxylic acids is 3. The number of aryl methyl sites for hydroxylation is 2. The van der Waals surface area contributed by atoms with Gasteiger partial charge in [-0.25, -0.2) is 10.2 Å². The molecule has 0 radical (unpaired) electrons. The number of esters is 1. The molecule has 32 heavy (non-hydrogen) atoms. The molecule has 0 fully saturated rings. The number of nitrogens with zero attached hydrogens (tertiary/aromatic N) is 1. The maximum Gasteiger partial charge on any atom is 0.343 e. The number of carbonyl (C=O) groups is 3. The van der Waals surface area contributed by atoms with Crippen LogP contribution in [0.3, 0.4) is 0 Å². The highest BCUT2D eigenvalue weighted by Gasteiger charge is 2.13. The summed E-state index contributed by atoms with van der Waals surface area (Å²) >= 11 is 6.01. The van der Waals surface area contributed by atoms with Crippen molar-refractivity contribution in [2.75, 3.05) is 5.32 Å². The molecule has 0 aliphatic heterocycles. The monoisotopic (exact) mass is 449 g/mol. The molecule has 7 nitrogen and oxygen atoms in total. The molecule has 0 aliphatic carbocycles. The predicted octanol–water partition coefficient (Wildman–Crippen LogP) is 4.26. The molecule has 3 aromatic rings. The minimum Gasteiger partial charge on any atom is -0.423 e. The van der Waals surface area contributed by atoms with E-state index >= 15 is 0 Å². The SMILES string of the molecule is Cc1cccc(C(=O)Oc2cccc(C=NNC(=O)C(=O)Nc3ccc(C)c(Cl)c3)c2)c1. The van der Waals surface area contributed by atoms with Gasteiger partial charge in [0.15, 0.2) is 0 Å². The average Bonchev–Trinajstić information content (AvgIpc) is 2.76. The molecule has 0 saturated heterocycles. The molecule has 2 amide bonds. The van der Waals surface area contributed by atoms with Crippen molar-refractivity contribution in [3.05, 3.63) is 94.0 Å². The minimum absolute atomic E-state index is 0.320. The summed E-state index contributed by atoms with van der Waals surface area (Å²) in [6.45, 7) is 3.71. The van der Waals surface area contributed by atoms with Crippen LogP contribution in [-0.2, 0) is 9.59 Å². The lowest BCUT2D eigenvalue weighted by molar-refractivity contribution is -0.136. The summed E-state index contributed by atoms with van der Waals surface area (Å²) in [4.78, 5) is 36.2. The van der Waals surface area contributed by atoms with Gasteiger partial charge < -0.3 is 10.1 Å². The number of anilines is 1. The van der Waals surface area contributed by atoms with Crippen LogP contribution in [0.5, 0.6) is 5.75 Å². The Morgan fingerprint density at radius 2 is 1.72 bits per heavy atom. The van der Waals surface area contributed by atoms with Gasteiger partial charge in [0.25, 0.3) is 0 Å². The summed E-state index contributed by atoms with van der Waals surface area (Å²) in [5.74, 6) is -1.99. The van der Waals surface area contributed by atoms with Gasteiger partial charge in [0, 0.05) is 10.7 Å². The molecule has 2 N–H and O–H groups in total. The number of amides is 2. The van der Waals surface area contributed by atoms with Crippen molar-refractivity contribution in [1.82, 2.24) is 5.43 Å². The predicted molar refractivity (Wildman–Crippen MR) is 123 cm³/mol. The van der Waals surface area contributed by atoms with Crippen LogP contribution in [0.1, 0.15) is 27.0 Å². The molecule has 0 atom stereocenters. The maximum atomic E-state index is 12.3. The van der Waals surface area contributed by atoms with E-state index in [4.69, 9.17) is 16.3 Å². The molecule has 3 aromatic carbocycles. The fourth-order valence-electron chi connectivity index (χ4n) is 2.67. The topological polar surface area (TPSA) is 96.9 Å². The highest BCUT2D eigenvalue weighted by Crippen LogP contribution is 2.20. The number of benzene rings is 3. The van der Waals surface area contributed by atoms with Crippen molar-refractivity contribution >= 4 is 41.3 Å². The van der Waals surface area contributed by atoms with E-state index in [0.29, 0.717) is 27.6 Å². The first-order valence-electron chi connectivity index (χ1n) is 9.61. The van der Waals surface area contributed by atoms with Gasteiger partial charge in [-0.05, 0) is 61.4 Å². The number of nitrogens with one attached hydrogen (secondary N) is 2. The van der Waals surface area contributed by atoms with Crippen LogP contribution in [0.25, 0.3) is 0 Å². The van der Waals surface area contributed by atoms with Crippen LogP contribution in [0.15, 0.2) is 71.8 Å². The number of hydrogen-bond acceptors (Lipinski definition) is 5. The fourth-order valence-corrected chi connectivity index (χ4v) is 2.85. The second-order valence-electron chi connectivity index (χ2n) is 6.95. The Hall–Kier alpha value is -3.97. The summed E-state index contributed by atoms with van der Waals surface area (Å²) in [6, 6.07) is 18.6. The van der Waals surface area contributed by atoms with Gasteiger partial charge in [-0.15, -0.1) is 0 Å². The normalized spacial score (nSPS) is 10.6. The van der Waals surface area contributed by atoms with E-state index < -0.39 is 17.8 Å². The molecular formula is C24H20ClN3O4. The molecule has 0 spiro atoms. The number of rotatable bonds is 5. The molecule has 8 heteroatoms. The van der Waals surface area contributed by atoms with Crippen molar-refractivity contribution in [3.63, 3.8) is 0 Å². The Labute approximate surface area is 190 Å². The summed E-state index contributed by atoms with van der Waals surface area (Å²) in [5.41, 5.74) is 5.35. The van der Waals surface area contributed by atoms with Crippen LogP contribution in [-0.4, -0.2) is 24.0 Å². The Bertz CT molecular complexity index is 1210.